The van der Waals surface area contributed by atoms with Gasteiger partial charge in [-0.25, -0.2) is 9.97 Å². The quantitative estimate of drug-likeness (QED) is 0.671. The van der Waals surface area contributed by atoms with Crippen LogP contribution in [0.4, 0.5) is 11.5 Å². The summed E-state index contributed by atoms with van der Waals surface area (Å²) in [6.45, 7) is 2.64. The topological polar surface area (TPSA) is 47.0 Å². The Hall–Kier alpha value is -1.89. The molecule has 0 bridgehead atoms. The molecular formula is C16H14IN3O. The van der Waals surface area contributed by atoms with E-state index in [4.69, 9.17) is 4.74 Å². The number of ether oxygens (including phenoxy) is 1. The highest BCUT2D eigenvalue weighted by molar-refractivity contribution is 14.1. The number of nitrogens with zero attached hydrogens (tertiary/aromatic N) is 2. The Labute approximate surface area is 136 Å². The highest BCUT2D eigenvalue weighted by Crippen LogP contribution is 2.25. The number of benzene rings is 2. The summed E-state index contributed by atoms with van der Waals surface area (Å²) in [4.78, 5) is 8.63. The highest BCUT2D eigenvalue weighted by atomic mass is 127. The van der Waals surface area contributed by atoms with Crippen molar-refractivity contribution in [2.75, 3.05) is 11.9 Å². The van der Waals surface area contributed by atoms with Crippen molar-refractivity contribution >= 4 is 45.0 Å². The Balaban J connectivity index is 1.92. The lowest BCUT2D eigenvalue weighted by molar-refractivity contribution is 0.340. The number of rotatable bonds is 4. The molecule has 1 heterocycles. The molecule has 0 amide bonds. The van der Waals surface area contributed by atoms with E-state index in [9.17, 15) is 0 Å². The van der Waals surface area contributed by atoms with Crippen LogP contribution in [-0.2, 0) is 0 Å². The molecule has 0 saturated heterocycles. The fourth-order valence-electron chi connectivity index (χ4n) is 2.07. The Morgan fingerprint density at radius 1 is 1.10 bits per heavy atom. The van der Waals surface area contributed by atoms with Crippen molar-refractivity contribution in [2.45, 2.75) is 6.92 Å². The second-order valence-corrected chi connectivity index (χ2v) is 5.71. The average Bonchev–Trinajstić information content (AvgIpc) is 2.50. The van der Waals surface area contributed by atoms with Gasteiger partial charge in [0.05, 0.1) is 12.1 Å². The van der Waals surface area contributed by atoms with E-state index >= 15 is 0 Å². The van der Waals surface area contributed by atoms with Gasteiger partial charge in [0.15, 0.2) is 0 Å². The van der Waals surface area contributed by atoms with Crippen molar-refractivity contribution in [1.29, 1.82) is 0 Å². The van der Waals surface area contributed by atoms with E-state index in [0.717, 1.165) is 31.7 Å². The lowest BCUT2D eigenvalue weighted by atomic mass is 10.2. The number of nitrogens with one attached hydrogen (secondary N) is 1. The normalized spacial score (nSPS) is 10.6. The predicted octanol–water partition coefficient (Wildman–Crippen LogP) is 4.38. The first-order valence-corrected chi connectivity index (χ1v) is 7.74. The van der Waals surface area contributed by atoms with Gasteiger partial charge in [-0.3, -0.25) is 0 Å². The molecule has 4 nitrogen and oxygen atoms in total. The fraction of sp³-hybridized carbons (Fsp3) is 0.125. The van der Waals surface area contributed by atoms with Crippen molar-refractivity contribution in [2.24, 2.45) is 0 Å². The van der Waals surface area contributed by atoms with Crippen LogP contribution in [0, 0.1) is 3.57 Å². The van der Waals surface area contributed by atoms with Crippen LogP contribution in [-0.4, -0.2) is 16.6 Å². The predicted molar refractivity (Wildman–Crippen MR) is 93.1 cm³/mol. The standard InChI is InChI=1S/C16H14IN3O/c1-2-21-13-6-4-12(5-7-13)20-16-14-9-11(17)3-8-15(14)18-10-19-16/h3-10H,2H2,1H3,(H,18,19,20). The molecule has 3 rings (SSSR count). The fourth-order valence-corrected chi connectivity index (χ4v) is 2.56. The van der Waals surface area contributed by atoms with Gasteiger partial charge in [-0.2, -0.15) is 0 Å². The van der Waals surface area contributed by atoms with Crippen molar-refractivity contribution in [3.05, 3.63) is 52.4 Å². The molecule has 5 heteroatoms. The molecule has 3 aromatic rings. The Kier molecular flexibility index (Phi) is 4.19. The van der Waals surface area contributed by atoms with Gasteiger partial charge >= 0.3 is 0 Å². The molecule has 2 aromatic carbocycles. The van der Waals surface area contributed by atoms with Crippen molar-refractivity contribution in [1.82, 2.24) is 9.97 Å². The maximum atomic E-state index is 5.44. The van der Waals surface area contributed by atoms with Crippen LogP contribution in [0.1, 0.15) is 6.92 Å². The average molecular weight is 391 g/mol. The molecular weight excluding hydrogens is 377 g/mol. The summed E-state index contributed by atoms with van der Waals surface area (Å²) in [5, 5.41) is 4.35. The van der Waals surface area contributed by atoms with Crippen molar-refractivity contribution in [3.8, 4) is 5.75 Å². The van der Waals surface area contributed by atoms with E-state index < -0.39 is 0 Å². The molecule has 0 atom stereocenters. The molecule has 0 aliphatic rings. The zero-order valence-corrected chi connectivity index (χ0v) is 13.7. The molecule has 0 unspecified atom stereocenters. The first-order valence-electron chi connectivity index (χ1n) is 6.66. The molecule has 0 saturated carbocycles. The van der Waals surface area contributed by atoms with Crippen molar-refractivity contribution in [3.63, 3.8) is 0 Å². The van der Waals surface area contributed by atoms with Gasteiger partial charge in [-0.15, -0.1) is 0 Å². The lowest BCUT2D eigenvalue weighted by Gasteiger charge is -2.09. The molecule has 1 N–H and O–H groups in total. The largest absolute Gasteiger partial charge is 0.494 e. The molecule has 0 aliphatic carbocycles. The zero-order chi connectivity index (χ0) is 14.7. The molecule has 0 fully saturated rings. The molecule has 0 aliphatic heterocycles. The van der Waals surface area contributed by atoms with Crippen LogP contribution in [0.3, 0.4) is 0 Å². The zero-order valence-electron chi connectivity index (χ0n) is 11.5. The van der Waals surface area contributed by atoms with Gasteiger partial charge in [0, 0.05) is 14.6 Å². The Morgan fingerprint density at radius 2 is 1.90 bits per heavy atom. The smallest absolute Gasteiger partial charge is 0.141 e. The minimum absolute atomic E-state index is 0.668. The summed E-state index contributed by atoms with van der Waals surface area (Å²) in [6, 6.07) is 14.0. The van der Waals surface area contributed by atoms with Crippen LogP contribution >= 0.6 is 22.6 Å². The minimum atomic E-state index is 0.668. The number of aromatic nitrogens is 2. The summed E-state index contributed by atoms with van der Waals surface area (Å²) in [6.07, 6.45) is 1.58. The molecule has 21 heavy (non-hydrogen) atoms. The van der Waals surface area contributed by atoms with E-state index in [2.05, 4.69) is 43.9 Å². The summed E-state index contributed by atoms with van der Waals surface area (Å²) in [5.74, 6) is 1.67. The summed E-state index contributed by atoms with van der Waals surface area (Å²) >= 11 is 2.29. The number of hydrogen-bond acceptors (Lipinski definition) is 4. The van der Waals surface area contributed by atoms with E-state index in [0.29, 0.717) is 6.61 Å². The van der Waals surface area contributed by atoms with Gasteiger partial charge < -0.3 is 10.1 Å². The van der Waals surface area contributed by atoms with Crippen LogP contribution in [0.15, 0.2) is 48.8 Å². The van der Waals surface area contributed by atoms with Crippen LogP contribution in [0.25, 0.3) is 10.9 Å². The van der Waals surface area contributed by atoms with Gasteiger partial charge in [0.2, 0.25) is 0 Å². The van der Waals surface area contributed by atoms with Gasteiger partial charge in [0.25, 0.3) is 0 Å². The molecule has 1 aromatic heterocycles. The third-order valence-corrected chi connectivity index (χ3v) is 3.70. The SMILES string of the molecule is CCOc1ccc(Nc2ncnc3ccc(I)cc23)cc1. The number of hydrogen-bond donors (Lipinski definition) is 1. The number of halogens is 1. The highest BCUT2D eigenvalue weighted by Gasteiger charge is 2.05. The third-order valence-electron chi connectivity index (χ3n) is 3.03. The lowest BCUT2D eigenvalue weighted by Crippen LogP contribution is -1.97. The summed E-state index contributed by atoms with van der Waals surface area (Å²) < 4.78 is 6.60. The van der Waals surface area contributed by atoms with E-state index in [1.54, 1.807) is 6.33 Å². The second kappa shape index (κ2) is 6.26. The molecule has 0 spiro atoms. The number of fused-ring (bicyclic) bond motifs is 1. The summed E-state index contributed by atoms with van der Waals surface area (Å²) in [5.41, 5.74) is 1.90. The van der Waals surface area contributed by atoms with E-state index in [1.807, 2.05) is 43.3 Å². The second-order valence-electron chi connectivity index (χ2n) is 4.47. The van der Waals surface area contributed by atoms with Crippen LogP contribution < -0.4 is 10.1 Å². The van der Waals surface area contributed by atoms with Crippen molar-refractivity contribution < 1.29 is 4.74 Å². The van der Waals surface area contributed by atoms with Gasteiger partial charge in [-0.1, -0.05) is 0 Å². The van der Waals surface area contributed by atoms with Crippen LogP contribution in [0.5, 0.6) is 5.75 Å². The maximum Gasteiger partial charge on any atom is 0.141 e. The summed E-state index contributed by atoms with van der Waals surface area (Å²) in [7, 11) is 0. The minimum Gasteiger partial charge on any atom is -0.494 e. The van der Waals surface area contributed by atoms with Crippen LogP contribution in [0.2, 0.25) is 0 Å². The third kappa shape index (κ3) is 3.24. The van der Waals surface area contributed by atoms with E-state index in [1.165, 1.54) is 0 Å². The van der Waals surface area contributed by atoms with Gasteiger partial charge in [-0.05, 0) is 72.0 Å². The maximum absolute atomic E-state index is 5.44. The Bertz CT molecular complexity index is 759. The van der Waals surface area contributed by atoms with Gasteiger partial charge in [0.1, 0.15) is 17.9 Å². The monoisotopic (exact) mass is 391 g/mol. The Morgan fingerprint density at radius 3 is 2.67 bits per heavy atom. The number of anilines is 2. The van der Waals surface area contributed by atoms with E-state index in [-0.39, 0.29) is 0 Å². The molecule has 0 radical (unpaired) electrons. The molecule has 106 valence electrons. The first-order chi connectivity index (χ1) is 10.3. The first kappa shape index (κ1) is 14.1.